The highest BCUT2D eigenvalue weighted by atomic mass is 16.4. The lowest BCUT2D eigenvalue weighted by Gasteiger charge is -2.18. The zero-order valence-corrected chi connectivity index (χ0v) is 12.0. The van der Waals surface area contributed by atoms with Gasteiger partial charge >= 0.3 is 11.9 Å². The molecule has 0 amide bonds. The Balaban J connectivity index is 0. The summed E-state index contributed by atoms with van der Waals surface area (Å²) in [5.74, 6) is 2.44. The Morgan fingerprint density at radius 2 is 1.59 bits per heavy atom. The van der Waals surface area contributed by atoms with Crippen LogP contribution in [-0.4, -0.2) is 56.1 Å². The first-order chi connectivity index (χ1) is 9.84. The number of aliphatic hydroxyl groups is 2. The molecule has 0 aromatic heterocycles. The predicted molar refractivity (Wildman–Crippen MR) is 74.2 cm³/mol. The molecule has 1 fully saturated rings. The molecule has 0 radical (unpaired) electrons. The van der Waals surface area contributed by atoms with Gasteiger partial charge in [0, 0.05) is 6.04 Å². The van der Waals surface area contributed by atoms with Crippen LogP contribution >= 0.6 is 0 Å². The van der Waals surface area contributed by atoms with E-state index in [1.54, 1.807) is 0 Å². The average molecular weight is 321 g/mol. The van der Waals surface area contributed by atoms with Crippen LogP contribution in [0, 0.1) is 17.2 Å². The van der Waals surface area contributed by atoms with Crippen LogP contribution in [0.25, 0.3) is 0 Å². The van der Waals surface area contributed by atoms with E-state index >= 15 is 0 Å². The molecule has 128 valence electrons. The summed E-state index contributed by atoms with van der Waals surface area (Å²) in [7, 11) is 0. The highest BCUT2D eigenvalue weighted by Gasteiger charge is 2.29. The Bertz CT molecular complexity index is 361. The SMILES string of the molecule is N#CC[C@@H](NN)C1CCCC1.O.O=C(O)[C@H](O)[C@@H](O)C(=O)O. The van der Waals surface area contributed by atoms with Gasteiger partial charge in [-0.2, -0.15) is 5.26 Å². The minimum atomic E-state index is -2.27. The fraction of sp³-hybridized carbons (Fsp3) is 0.750. The molecule has 3 atom stereocenters. The lowest BCUT2D eigenvalue weighted by molar-refractivity contribution is -0.165. The number of rotatable bonds is 6. The molecular weight excluding hydrogens is 298 g/mol. The zero-order chi connectivity index (χ0) is 16.4. The molecule has 22 heavy (non-hydrogen) atoms. The summed E-state index contributed by atoms with van der Waals surface area (Å²) in [5.41, 5.74) is 2.72. The highest BCUT2D eigenvalue weighted by Crippen LogP contribution is 2.28. The maximum atomic E-state index is 9.77. The smallest absolute Gasteiger partial charge is 0.335 e. The molecule has 0 bridgehead atoms. The van der Waals surface area contributed by atoms with Gasteiger partial charge in [0.05, 0.1) is 12.5 Å². The number of aliphatic hydroxyl groups excluding tert-OH is 2. The van der Waals surface area contributed by atoms with Gasteiger partial charge in [0.15, 0.2) is 12.2 Å². The first-order valence-corrected chi connectivity index (χ1v) is 6.50. The third-order valence-corrected chi connectivity index (χ3v) is 3.30. The molecule has 1 aliphatic rings. The van der Waals surface area contributed by atoms with Crippen LogP contribution in [-0.2, 0) is 9.59 Å². The normalized spacial score (nSPS) is 17.9. The Labute approximate surface area is 127 Å². The monoisotopic (exact) mass is 321 g/mol. The number of hydrogen-bond donors (Lipinski definition) is 6. The molecule has 0 saturated heterocycles. The van der Waals surface area contributed by atoms with Gasteiger partial charge in [-0.1, -0.05) is 12.8 Å². The van der Waals surface area contributed by atoms with Crippen LogP contribution in [0.4, 0.5) is 0 Å². The summed E-state index contributed by atoms with van der Waals surface area (Å²) in [4.78, 5) is 19.5. The molecule has 0 spiro atoms. The summed E-state index contributed by atoms with van der Waals surface area (Å²) in [6, 6.07) is 2.38. The van der Waals surface area contributed by atoms with Crippen molar-refractivity contribution in [3.8, 4) is 6.07 Å². The van der Waals surface area contributed by atoms with Crippen molar-refractivity contribution in [3.05, 3.63) is 0 Å². The van der Waals surface area contributed by atoms with Crippen molar-refractivity contribution in [2.75, 3.05) is 0 Å². The van der Waals surface area contributed by atoms with Crippen LogP contribution in [0.2, 0.25) is 0 Å². The molecular formula is C12H23N3O7. The summed E-state index contributed by atoms with van der Waals surface area (Å²) in [5, 5.41) is 41.0. The van der Waals surface area contributed by atoms with Crippen molar-refractivity contribution in [2.45, 2.75) is 50.4 Å². The topological polar surface area (TPSA) is 208 Å². The van der Waals surface area contributed by atoms with Gasteiger partial charge in [-0.25, -0.2) is 9.59 Å². The van der Waals surface area contributed by atoms with Gasteiger partial charge in [-0.05, 0) is 18.8 Å². The van der Waals surface area contributed by atoms with Crippen molar-refractivity contribution in [1.29, 1.82) is 5.26 Å². The number of carbonyl (C=O) groups is 2. The van der Waals surface area contributed by atoms with Crippen molar-refractivity contribution >= 4 is 11.9 Å². The van der Waals surface area contributed by atoms with E-state index in [0.29, 0.717) is 12.3 Å². The van der Waals surface area contributed by atoms with Crippen LogP contribution in [0.15, 0.2) is 0 Å². The minimum Gasteiger partial charge on any atom is -0.479 e. The average Bonchev–Trinajstić information content (AvgIpc) is 2.97. The van der Waals surface area contributed by atoms with Gasteiger partial charge in [0.1, 0.15) is 0 Å². The molecule has 10 heteroatoms. The lowest BCUT2D eigenvalue weighted by Crippen LogP contribution is -2.39. The first kappa shape index (κ1) is 22.5. The summed E-state index contributed by atoms with van der Waals surface area (Å²) < 4.78 is 0. The molecule has 9 N–H and O–H groups in total. The Morgan fingerprint density at radius 3 is 1.86 bits per heavy atom. The molecule has 0 unspecified atom stereocenters. The minimum absolute atomic E-state index is 0. The maximum Gasteiger partial charge on any atom is 0.335 e. The fourth-order valence-electron chi connectivity index (χ4n) is 2.09. The second-order valence-electron chi connectivity index (χ2n) is 4.75. The number of hydrazine groups is 1. The van der Waals surface area contributed by atoms with E-state index in [1.807, 2.05) is 0 Å². The standard InChI is InChI=1S/C8H15N3.C4H6O6.H2O/c9-6-5-8(11-10)7-3-1-2-4-7;5-1(3(7)8)2(6)4(9)10;/h7-8,11H,1-5,10H2;1-2,5-6H,(H,7,8)(H,9,10);1H2/t8-;1-,2-;/m11./s1. The van der Waals surface area contributed by atoms with E-state index in [0.717, 1.165) is 0 Å². The molecule has 0 aromatic carbocycles. The Kier molecular flexibility index (Phi) is 12.1. The van der Waals surface area contributed by atoms with Gasteiger partial charge in [-0.15, -0.1) is 0 Å². The number of nitrogens with zero attached hydrogens (tertiary/aromatic N) is 1. The van der Waals surface area contributed by atoms with E-state index in [9.17, 15) is 9.59 Å². The third kappa shape index (κ3) is 7.87. The van der Waals surface area contributed by atoms with Crippen LogP contribution in [0.1, 0.15) is 32.1 Å². The Morgan fingerprint density at radius 1 is 1.18 bits per heavy atom. The number of carboxylic acid groups (broad SMARTS) is 2. The quantitative estimate of drug-likeness (QED) is 0.235. The maximum absolute atomic E-state index is 9.77. The van der Waals surface area contributed by atoms with E-state index in [1.165, 1.54) is 25.7 Å². The molecule has 0 aromatic rings. The molecule has 0 aliphatic heterocycles. The predicted octanol–water partition coefficient (Wildman–Crippen LogP) is -2.03. The van der Waals surface area contributed by atoms with Gasteiger partial charge < -0.3 is 25.9 Å². The zero-order valence-electron chi connectivity index (χ0n) is 12.0. The van der Waals surface area contributed by atoms with E-state index in [4.69, 9.17) is 31.5 Å². The molecule has 1 rings (SSSR count). The van der Waals surface area contributed by atoms with Crippen LogP contribution < -0.4 is 11.3 Å². The number of nitriles is 1. The number of nitrogens with one attached hydrogen (secondary N) is 1. The second kappa shape index (κ2) is 11.8. The van der Waals surface area contributed by atoms with E-state index in [-0.39, 0.29) is 11.5 Å². The van der Waals surface area contributed by atoms with Gasteiger partial charge in [-0.3, -0.25) is 11.3 Å². The van der Waals surface area contributed by atoms with E-state index < -0.39 is 24.1 Å². The number of carboxylic acids is 2. The van der Waals surface area contributed by atoms with Crippen molar-refractivity contribution in [2.24, 2.45) is 11.8 Å². The van der Waals surface area contributed by atoms with Crippen molar-refractivity contribution in [1.82, 2.24) is 5.43 Å². The van der Waals surface area contributed by atoms with Gasteiger partial charge in [0.2, 0.25) is 0 Å². The van der Waals surface area contributed by atoms with E-state index in [2.05, 4.69) is 11.5 Å². The molecule has 10 nitrogen and oxygen atoms in total. The van der Waals surface area contributed by atoms with Crippen molar-refractivity contribution < 1.29 is 35.5 Å². The lowest BCUT2D eigenvalue weighted by atomic mass is 9.97. The van der Waals surface area contributed by atoms with Crippen LogP contribution in [0.3, 0.4) is 0 Å². The Hall–Kier alpha value is -1.77. The van der Waals surface area contributed by atoms with Crippen molar-refractivity contribution in [3.63, 3.8) is 0 Å². The number of hydrogen-bond acceptors (Lipinski definition) is 7. The first-order valence-electron chi connectivity index (χ1n) is 6.50. The summed E-state index contributed by atoms with van der Waals surface area (Å²) >= 11 is 0. The number of nitrogens with two attached hydrogens (primary N) is 1. The second-order valence-corrected chi connectivity index (χ2v) is 4.75. The summed E-state index contributed by atoms with van der Waals surface area (Å²) in [6.45, 7) is 0. The number of aliphatic carboxylic acids is 2. The van der Waals surface area contributed by atoms with Gasteiger partial charge in [0.25, 0.3) is 0 Å². The highest BCUT2D eigenvalue weighted by molar-refractivity contribution is 5.83. The molecule has 1 saturated carbocycles. The fourth-order valence-corrected chi connectivity index (χ4v) is 2.09. The third-order valence-electron chi connectivity index (χ3n) is 3.30. The van der Waals surface area contributed by atoms with Crippen LogP contribution in [0.5, 0.6) is 0 Å². The summed E-state index contributed by atoms with van der Waals surface area (Å²) in [6.07, 6.45) is 1.08. The molecule has 0 heterocycles. The molecule has 1 aliphatic carbocycles. The largest absolute Gasteiger partial charge is 0.479 e.